The summed E-state index contributed by atoms with van der Waals surface area (Å²) < 4.78 is 34.2. The number of carboxylic acids is 1. The molecule has 172 valence electrons. The van der Waals surface area contributed by atoms with Crippen molar-refractivity contribution in [1.82, 2.24) is 4.72 Å². The average Bonchev–Trinajstić information content (AvgIpc) is 3.15. The SMILES string of the molecule is C=CC[C@H]1O[C@@H](Cc2ccc(CO)cc2)C[C@@H]1[C@@H](NS(=O)(=O)c1ccc(C)cc1)C(=O)O. The number of hydrogen-bond donors (Lipinski definition) is 3. The molecule has 32 heavy (non-hydrogen) atoms. The summed E-state index contributed by atoms with van der Waals surface area (Å²) in [5.74, 6) is -1.79. The molecule has 1 fully saturated rings. The van der Waals surface area contributed by atoms with Crippen molar-refractivity contribution in [3.05, 3.63) is 77.9 Å². The third-order valence-electron chi connectivity index (χ3n) is 5.76. The van der Waals surface area contributed by atoms with Gasteiger partial charge in [-0.2, -0.15) is 4.72 Å². The molecule has 8 heteroatoms. The number of aliphatic carboxylic acids is 1. The Morgan fingerprint density at radius 1 is 1.19 bits per heavy atom. The fourth-order valence-electron chi connectivity index (χ4n) is 4.05. The molecule has 0 aromatic heterocycles. The summed E-state index contributed by atoms with van der Waals surface area (Å²) in [4.78, 5) is 12.1. The second kappa shape index (κ2) is 10.4. The van der Waals surface area contributed by atoms with Gasteiger partial charge in [0.1, 0.15) is 6.04 Å². The van der Waals surface area contributed by atoms with Crippen molar-refractivity contribution >= 4 is 16.0 Å². The number of aliphatic hydroxyl groups excluding tert-OH is 1. The third kappa shape index (κ3) is 5.83. The van der Waals surface area contributed by atoms with Crippen LogP contribution >= 0.6 is 0 Å². The largest absolute Gasteiger partial charge is 0.480 e. The molecule has 1 aliphatic heterocycles. The average molecular weight is 460 g/mol. The predicted molar refractivity (Wildman–Crippen MR) is 121 cm³/mol. The summed E-state index contributed by atoms with van der Waals surface area (Å²) in [5.41, 5.74) is 2.71. The first-order chi connectivity index (χ1) is 15.2. The highest BCUT2D eigenvalue weighted by Gasteiger charge is 2.44. The van der Waals surface area contributed by atoms with Crippen molar-refractivity contribution in [2.24, 2.45) is 5.92 Å². The number of carboxylic acid groups (broad SMARTS) is 1. The van der Waals surface area contributed by atoms with Crippen LogP contribution in [0.4, 0.5) is 0 Å². The van der Waals surface area contributed by atoms with Crippen molar-refractivity contribution in [3.63, 3.8) is 0 Å². The van der Waals surface area contributed by atoms with Crippen LogP contribution in [0.1, 0.15) is 29.5 Å². The second-order valence-corrected chi connectivity index (χ2v) is 9.86. The molecule has 4 atom stereocenters. The highest BCUT2D eigenvalue weighted by molar-refractivity contribution is 7.89. The molecule has 3 rings (SSSR count). The molecule has 2 aromatic rings. The van der Waals surface area contributed by atoms with Gasteiger partial charge < -0.3 is 14.9 Å². The summed E-state index contributed by atoms with van der Waals surface area (Å²) in [6, 6.07) is 12.4. The van der Waals surface area contributed by atoms with Gasteiger partial charge in [0.15, 0.2) is 0 Å². The Morgan fingerprint density at radius 3 is 2.38 bits per heavy atom. The van der Waals surface area contributed by atoms with Gasteiger partial charge >= 0.3 is 5.97 Å². The number of benzene rings is 2. The van der Waals surface area contributed by atoms with Crippen molar-refractivity contribution in [2.75, 3.05) is 0 Å². The summed E-state index contributed by atoms with van der Waals surface area (Å²) in [5, 5.41) is 19.1. The first-order valence-corrected chi connectivity index (χ1v) is 12.0. The maximum absolute atomic E-state index is 12.9. The van der Waals surface area contributed by atoms with Gasteiger partial charge in [0.05, 0.1) is 23.7 Å². The van der Waals surface area contributed by atoms with Gasteiger partial charge in [-0.3, -0.25) is 4.79 Å². The van der Waals surface area contributed by atoms with Crippen LogP contribution in [0, 0.1) is 12.8 Å². The monoisotopic (exact) mass is 459 g/mol. The quantitative estimate of drug-likeness (QED) is 0.471. The molecular formula is C24H29NO6S. The zero-order valence-electron chi connectivity index (χ0n) is 18.0. The molecule has 0 radical (unpaired) electrons. The van der Waals surface area contributed by atoms with Gasteiger partial charge in [0.25, 0.3) is 0 Å². The summed E-state index contributed by atoms with van der Waals surface area (Å²) >= 11 is 0. The number of nitrogens with one attached hydrogen (secondary N) is 1. The molecule has 1 heterocycles. The zero-order valence-corrected chi connectivity index (χ0v) is 18.8. The first kappa shape index (κ1) is 24.1. The molecular weight excluding hydrogens is 430 g/mol. The van der Waals surface area contributed by atoms with Crippen LogP contribution in [0.15, 0.2) is 66.1 Å². The van der Waals surface area contributed by atoms with Crippen molar-refractivity contribution < 1.29 is 28.2 Å². The number of aryl methyl sites for hydroxylation is 1. The van der Waals surface area contributed by atoms with Gasteiger partial charge in [0.2, 0.25) is 10.0 Å². The van der Waals surface area contributed by atoms with E-state index >= 15 is 0 Å². The molecule has 0 saturated carbocycles. The molecule has 2 aromatic carbocycles. The Balaban J connectivity index is 1.79. The fourth-order valence-corrected chi connectivity index (χ4v) is 5.29. The number of sulfonamides is 1. The molecule has 0 bridgehead atoms. The van der Waals surface area contributed by atoms with Crippen LogP contribution in [0.3, 0.4) is 0 Å². The predicted octanol–water partition coefficient (Wildman–Crippen LogP) is 2.81. The van der Waals surface area contributed by atoms with E-state index in [9.17, 15) is 23.4 Å². The van der Waals surface area contributed by atoms with Crippen molar-refractivity contribution in [1.29, 1.82) is 0 Å². The highest BCUT2D eigenvalue weighted by Crippen LogP contribution is 2.34. The molecule has 0 spiro atoms. The topological polar surface area (TPSA) is 113 Å². The molecule has 3 N–H and O–H groups in total. The Labute approximate surface area is 188 Å². The van der Waals surface area contributed by atoms with Crippen LogP contribution in [-0.4, -0.2) is 42.8 Å². The van der Waals surface area contributed by atoms with Crippen LogP contribution in [-0.2, 0) is 32.6 Å². The molecule has 7 nitrogen and oxygen atoms in total. The molecule has 0 amide bonds. The Hall–Kier alpha value is -2.52. The third-order valence-corrected chi connectivity index (χ3v) is 7.21. The summed E-state index contributed by atoms with van der Waals surface area (Å²) in [6.45, 7) is 5.54. The van der Waals surface area contributed by atoms with E-state index in [1.54, 1.807) is 18.2 Å². The lowest BCUT2D eigenvalue weighted by atomic mass is 9.89. The van der Waals surface area contributed by atoms with E-state index < -0.39 is 34.1 Å². The van der Waals surface area contributed by atoms with Gasteiger partial charge in [-0.25, -0.2) is 8.42 Å². The molecule has 1 saturated heterocycles. The normalized spacial score (nSPS) is 21.9. The van der Waals surface area contributed by atoms with E-state index in [-0.39, 0.29) is 17.6 Å². The second-order valence-electron chi connectivity index (χ2n) is 8.15. The molecule has 1 aliphatic rings. The molecule has 0 aliphatic carbocycles. The van der Waals surface area contributed by atoms with E-state index in [0.717, 1.165) is 16.7 Å². The van der Waals surface area contributed by atoms with E-state index in [4.69, 9.17) is 4.74 Å². The highest BCUT2D eigenvalue weighted by atomic mass is 32.2. The smallest absolute Gasteiger partial charge is 0.322 e. The number of carbonyl (C=O) groups is 1. The number of rotatable bonds is 10. The van der Waals surface area contributed by atoms with E-state index in [1.807, 2.05) is 31.2 Å². The lowest BCUT2D eigenvalue weighted by Crippen LogP contribution is -2.48. The van der Waals surface area contributed by atoms with Crippen LogP contribution in [0.25, 0.3) is 0 Å². The van der Waals surface area contributed by atoms with Crippen LogP contribution < -0.4 is 4.72 Å². The maximum atomic E-state index is 12.9. The Kier molecular flexibility index (Phi) is 7.84. The van der Waals surface area contributed by atoms with Gasteiger partial charge in [-0.05, 0) is 49.4 Å². The lowest BCUT2D eigenvalue weighted by molar-refractivity contribution is -0.141. The molecule has 0 unspecified atom stereocenters. The minimum absolute atomic E-state index is 0.0223. The van der Waals surface area contributed by atoms with E-state index in [1.165, 1.54) is 12.1 Å². The minimum Gasteiger partial charge on any atom is -0.480 e. The summed E-state index contributed by atoms with van der Waals surface area (Å²) in [6.07, 6.45) is 2.32. The minimum atomic E-state index is -4.02. The maximum Gasteiger partial charge on any atom is 0.322 e. The standard InChI is InChI=1S/C24H29NO6S/c1-3-4-22-21(14-19(31-22)13-17-7-9-18(15-26)10-8-17)23(24(27)28)25-32(29,30)20-11-5-16(2)6-12-20/h3,5-12,19,21-23,25-26H,1,4,13-15H2,2H3,(H,27,28)/t19-,21-,22+,23+/m0/s1. The van der Waals surface area contributed by atoms with Gasteiger partial charge in [-0.15, -0.1) is 6.58 Å². The fraction of sp³-hybridized carbons (Fsp3) is 0.375. The van der Waals surface area contributed by atoms with Gasteiger partial charge in [-0.1, -0.05) is 48.0 Å². The number of hydrogen-bond acceptors (Lipinski definition) is 5. The van der Waals surface area contributed by atoms with Crippen LogP contribution in [0.2, 0.25) is 0 Å². The lowest BCUT2D eigenvalue weighted by Gasteiger charge is -2.24. The summed E-state index contributed by atoms with van der Waals surface area (Å²) in [7, 11) is -4.02. The first-order valence-electron chi connectivity index (χ1n) is 10.5. The van der Waals surface area contributed by atoms with Crippen molar-refractivity contribution in [3.8, 4) is 0 Å². The Morgan fingerprint density at radius 2 is 1.81 bits per heavy atom. The van der Waals surface area contributed by atoms with E-state index in [2.05, 4.69) is 11.3 Å². The zero-order chi connectivity index (χ0) is 23.3. The number of ether oxygens (including phenoxy) is 1. The number of aliphatic hydroxyl groups is 1. The van der Waals surface area contributed by atoms with Crippen LogP contribution in [0.5, 0.6) is 0 Å². The van der Waals surface area contributed by atoms with Crippen molar-refractivity contribution in [2.45, 2.75) is 55.9 Å². The van der Waals surface area contributed by atoms with Gasteiger partial charge in [0, 0.05) is 5.92 Å². The Bertz CT molecular complexity index is 1030. The van der Waals surface area contributed by atoms with E-state index in [0.29, 0.717) is 19.3 Å².